The topological polar surface area (TPSA) is 78.4 Å². The maximum Gasteiger partial charge on any atom is 0.326 e. The molecule has 0 saturated carbocycles. The standard InChI is InChI=1S/C11H13ClN2O3/c1-2-9(10(15)16)14-11(17)13-8-5-3-7(12)4-6-8/h3-6,9H,2H2,1H3,(H,15,16)(H2,13,14,17)/t9-/m0/s1. The van der Waals surface area contributed by atoms with Gasteiger partial charge in [0, 0.05) is 10.7 Å². The van der Waals surface area contributed by atoms with Crippen molar-refractivity contribution in [1.82, 2.24) is 5.32 Å². The lowest BCUT2D eigenvalue weighted by atomic mass is 10.2. The molecule has 17 heavy (non-hydrogen) atoms. The first-order chi connectivity index (χ1) is 8.02. The second kappa shape index (κ2) is 6.10. The van der Waals surface area contributed by atoms with Gasteiger partial charge in [-0.15, -0.1) is 0 Å². The third-order valence-electron chi connectivity index (χ3n) is 2.11. The van der Waals surface area contributed by atoms with Crippen molar-refractivity contribution in [2.75, 3.05) is 5.32 Å². The minimum atomic E-state index is -1.06. The number of carboxylic acid groups (broad SMARTS) is 1. The number of anilines is 1. The van der Waals surface area contributed by atoms with Crippen molar-refractivity contribution in [2.24, 2.45) is 0 Å². The number of carbonyl (C=O) groups excluding carboxylic acids is 1. The number of aliphatic carboxylic acids is 1. The van der Waals surface area contributed by atoms with Gasteiger partial charge in [0.1, 0.15) is 6.04 Å². The summed E-state index contributed by atoms with van der Waals surface area (Å²) in [5.41, 5.74) is 0.548. The maximum atomic E-state index is 11.5. The van der Waals surface area contributed by atoms with Crippen molar-refractivity contribution in [3.8, 4) is 0 Å². The number of halogens is 1. The summed E-state index contributed by atoms with van der Waals surface area (Å²) >= 11 is 5.69. The fourth-order valence-electron chi connectivity index (χ4n) is 1.20. The zero-order chi connectivity index (χ0) is 12.8. The van der Waals surface area contributed by atoms with Gasteiger partial charge in [-0.25, -0.2) is 9.59 Å². The van der Waals surface area contributed by atoms with Crippen LogP contribution in [0.3, 0.4) is 0 Å². The fraction of sp³-hybridized carbons (Fsp3) is 0.273. The van der Waals surface area contributed by atoms with Crippen LogP contribution in [0.1, 0.15) is 13.3 Å². The second-order valence-electron chi connectivity index (χ2n) is 3.40. The molecular weight excluding hydrogens is 244 g/mol. The minimum Gasteiger partial charge on any atom is -0.480 e. The van der Waals surface area contributed by atoms with Crippen LogP contribution in [0.5, 0.6) is 0 Å². The molecule has 6 heteroatoms. The quantitative estimate of drug-likeness (QED) is 0.774. The molecule has 1 aromatic carbocycles. The van der Waals surface area contributed by atoms with Crippen LogP contribution in [0.15, 0.2) is 24.3 Å². The largest absolute Gasteiger partial charge is 0.480 e. The first-order valence-corrected chi connectivity index (χ1v) is 5.46. The smallest absolute Gasteiger partial charge is 0.326 e. The third-order valence-corrected chi connectivity index (χ3v) is 2.37. The van der Waals surface area contributed by atoms with Gasteiger partial charge in [-0.1, -0.05) is 18.5 Å². The van der Waals surface area contributed by atoms with Crippen LogP contribution in [-0.4, -0.2) is 23.1 Å². The van der Waals surface area contributed by atoms with E-state index in [1.54, 1.807) is 31.2 Å². The molecule has 0 aliphatic heterocycles. The molecule has 1 rings (SSSR count). The van der Waals surface area contributed by atoms with Gasteiger partial charge >= 0.3 is 12.0 Å². The summed E-state index contributed by atoms with van der Waals surface area (Å²) in [7, 11) is 0. The highest BCUT2D eigenvalue weighted by Gasteiger charge is 2.17. The Kier molecular flexibility index (Phi) is 4.78. The number of carbonyl (C=O) groups is 2. The van der Waals surface area contributed by atoms with Gasteiger partial charge in [0.2, 0.25) is 0 Å². The van der Waals surface area contributed by atoms with Crippen molar-refractivity contribution in [3.63, 3.8) is 0 Å². The summed E-state index contributed by atoms with van der Waals surface area (Å²) in [6.45, 7) is 1.68. The van der Waals surface area contributed by atoms with Gasteiger partial charge in [0.15, 0.2) is 0 Å². The Morgan fingerprint density at radius 3 is 2.41 bits per heavy atom. The molecule has 0 radical (unpaired) electrons. The number of hydrogen-bond donors (Lipinski definition) is 3. The van der Waals surface area contributed by atoms with E-state index in [2.05, 4.69) is 10.6 Å². The Morgan fingerprint density at radius 1 is 1.35 bits per heavy atom. The maximum absolute atomic E-state index is 11.5. The van der Waals surface area contributed by atoms with Crippen LogP contribution in [0.25, 0.3) is 0 Å². The normalized spacial score (nSPS) is 11.6. The monoisotopic (exact) mass is 256 g/mol. The predicted molar refractivity (Wildman–Crippen MR) is 65.3 cm³/mol. The summed E-state index contributed by atoms with van der Waals surface area (Å²) in [5, 5.41) is 14.2. The molecule has 0 saturated heterocycles. The van der Waals surface area contributed by atoms with Crippen LogP contribution in [0.2, 0.25) is 5.02 Å². The number of nitrogens with one attached hydrogen (secondary N) is 2. The van der Waals surface area contributed by atoms with E-state index in [9.17, 15) is 9.59 Å². The molecule has 0 spiro atoms. The van der Waals surface area contributed by atoms with Crippen LogP contribution < -0.4 is 10.6 Å². The van der Waals surface area contributed by atoms with E-state index in [4.69, 9.17) is 16.7 Å². The Morgan fingerprint density at radius 2 is 1.94 bits per heavy atom. The molecule has 0 aliphatic rings. The molecule has 1 aromatic rings. The van der Waals surface area contributed by atoms with E-state index >= 15 is 0 Å². The number of rotatable bonds is 4. The third kappa shape index (κ3) is 4.32. The molecule has 0 fully saturated rings. The van der Waals surface area contributed by atoms with Crippen LogP contribution in [-0.2, 0) is 4.79 Å². The number of benzene rings is 1. The lowest BCUT2D eigenvalue weighted by Gasteiger charge is -2.13. The molecule has 1 atom stereocenters. The molecule has 5 nitrogen and oxygen atoms in total. The highest BCUT2D eigenvalue weighted by atomic mass is 35.5. The Bertz CT molecular complexity index is 406. The number of urea groups is 1. The van der Waals surface area contributed by atoms with E-state index in [-0.39, 0.29) is 0 Å². The lowest BCUT2D eigenvalue weighted by Crippen LogP contribution is -2.42. The number of hydrogen-bond acceptors (Lipinski definition) is 2. The van der Waals surface area contributed by atoms with E-state index in [0.717, 1.165) is 0 Å². The van der Waals surface area contributed by atoms with Crippen LogP contribution in [0, 0.1) is 0 Å². The Labute approximate surface area is 104 Å². The summed E-state index contributed by atoms with van der Waals surface area (Å²) in [4.78, 5) is 22.2. The SMILES string of the molecule is CC[C@H](NC(=O)Nc1ccc(Cl)cc1)C(=O)O. The molecule has 0 aliphatic carbocycles. The molecule has 2 amide bonds. The van der Waals surface area contributed by atoms with E-state index in [0.29, 0.717) is 17.1 Å². The molecule has 0 aromatic heterocycles. The Balaban J connectivity index is 2.54. The van der Waals surface area contributed by atoms with Gasteiger partial charge < -0.3 is 15.7 Å². The highest BCUT2D eigenvalue weighted by Crippen LogP contribution is 2.13. The molecule has 0 heterocycles. The summed E-state index contributed by atoms with van der Waals surface area (Å²) in [6.07, 6.45) is 0.323. The van der Waals surface area contributed by atoms with Crippen molar-refractivity contribution in [1.29, 1.82) is 0 Å². The average molecular weight is 257 g/mol. The van der Waals surface area contributed by atoms with Crippen LogP contribution >= 0.6 is 11.6 Å². The van der Waals surface area contributed by atoms with Crippen molar-refractivity contribution < 1.29 is 14.7 Å². The first kappa shape index (κ1) is 13.3. The zero-order valence-corrected chi connectivity index (χ0v) is 9.99. The zero-order valence-electron chi connectivity index (χ0n) is 9.24. The summed E-state index contributed by atoms with van der Waals surface area (Å²) < 4.78 is 0. The average Bonchev–Trinajstić information content (AvgIpc) is 2.28. The molecule has 3 N–H and O–H groups in total. The van der Waals surface area contributed by atoms with E-state index in [1.807, 2.05) is 0 Å². The Hall–Kier alpha value is -1.75. The molecular formula is C11H13ClN2O3. The summed E-state index contributed by atoms with van der Waals surface area (Å²) in [6, 6.07) is 5.08. The highest BCUT2D eigenvalue weighted by molar-refractivity contribution is 6.30. The molecule has 0 unspecified atom stereocenters. The van der Waals surface area contributed by atoms with Crippen molar-refractivity contribution >= 4 is 29.3 Å². The van der Waals surface area contributed by atoms with Gasteiger partial charge in [-0.2, -0.15) is 0 Å². The summed E-state index contributed by atoms with van der Waals surface area (Å²) in [5.74, 6) is -1.06. The van der Waals surface area contributed by atoms with Crippen LogP contribution in [0.4, 0.5) is 10.5 Å². The first-order valence-electron chi connectivity index (χ1n) is 5.08. The molecule has 0 bridgehead atoms. The van der Waals surface area contributed by atoms with Gasteiger partial charge in [0.25, 0.3) is 0 Å². The van der Waals surface area contributed by atoms with Gasteiger partial charge in [0.05, 0.1) is 0 Å². The number of amides is 2. The predicted octanol–water partition coefficient (Wildman–Crippen LogP) is 2.32. The van der Waals surface area contributed by atoms with Gasteiger partial charge in [-0.3, -0.25) is 0 Å². The number of carboxylic acids is 1. The lowest BCUT2D eigenvalue weighted by molar-refractivity contribution is -0.139. The van der Waals surface area contributed by atoms with Gasteiger partial charge in [-0.05, 0) is 30.7 Å². The second-order valence-corrected chi connectivity index (χ2v) is 3.84. The van der Waals surface area contributed by atoms with Crippen molar-refractivity contribution in [2.45, 2.75) is 19.4 Å². The van der Waals surface area contributed by atoms with E-state index < -0.39 is 18.0 Å². The minimum absolute atomic E-state index is 0.323. The van der Waals surface area contributed by atoms with Crippen molar-refractivity contribution in [3.05, 3.63) is 29.3 Å². The fourth-order valence-corrected chi connectivity index (χ4v) is 1.32. The van der Waals surface area contributed by atoms with E-state index in [1.165, 1.54) is 0 Å². The molecule has 92 valence electrons.